The summed E-state index contributed by atoms with van der Waals surface area (Å²) in [6.07, 6.45) is 2.37. The van der Waals surface area contributed by atoms with Gasteiger partial charge < -0.3 is 13.8 Å². The summed E-state index contributed by atoms with van der Waals surface area (Å²) in [5.41, 5.74) is 2.91. The van der Waals surface area contributed by atoms with E-state index in [0.29, 0.717) is 25.4 Å². The van der Waals surface area contributed by atoms with E-state index in [1.165, 1.54) is 12.1 Å². The van der Waals surface area contributed by atoms with Crippen molar-refractivity contribution in [1.82, 2.24) is 0 Å². The Labute approximate surface area is 183 Å². The average Bonchev–Trinajstić information content (AvgIpc) is 2.75. The number of oxime groups is 1. The van der Waals surface area contributed by atoms with Gasteiger partial charge in [-0.3, -0.25) is 0 Å². The van der Waals surface area contributed by atoms with Crippen molar-refractivity contribution in [2.75, 3.05) is 13.2 Å². The highest BCUT2D eigenvalue weighted by Gasteiger charge is 2.16. The Morgan fingerprint density at radius 3 is 2.35 bits per heavy atom. The lowest BCUT2D eigenvalue weighted by Gasteiger charge is -2.11. The molecule has 0 saturated carbocycles. The smallest absolute Gasteiger partial charge is 0.339 e. The molecular weight excluding hydrogens is 414 g/mol. The lowest BCUT2D eigenvalue weighted by Crippen LogP contribution is -2.10. The van der Waals surface area contributed by atoms with Gasteiger partial charge in [-0.2, -0.15) is 8.42 Å². The number of nitrogens with zero attached hydrogens (tertiary/aromatic N) is 1. The van der Waals surface area contributed by atoms with Crippen LogP contribution in [-0.4, -0.2) is 27.8 Å². The Bertz CT molecular complexity index is 1110. The number of aryl methyl sites for hydroxylation is 1. The number of hydrogen-bond donors (Lipinski definition) is 0. The third-order valence-corrected chi connectivity index (χ3v) is 5.57. The predicted molar refractivity (Wildman–Crippen MR) is 120 cm³/mol. The highest BCUT2D eigenvalue weighted by atomic mass is 32.2. The molecule has 0 spiro atoms. The van der Waals surface area contributed by atoms with Crippen LogP contribution in [0.1, 0.15) is 23.6 Å². The van der Waals surface area contributed by atoms with Gasteiger partial charge in [0.15, 0.2) is 0 Å². The molecule has 0 unspecified atom stereocenters. The van der Waals surface area contributed by atoms with Crippen molar-refractivity contribution in [1.29, 1.82) is 0 Å². The maximum Gasteiger partial charge on any atom is 0.339 e. The van der Waals surface area contributed by atoms with Gasteiger partial charge in [0.1, 0.15) is 23.0 Å². The predicted octanol–water partition coefficient (Wildman–Crippen LogP) is 4.75. The molecule has 0 saturated heterocycles. The van der Waals surface area contributed by atoms with Crippen LogP contribution in [0.3, 0.4) is 0 Å². The normalized spacial score (nSPS) is 11.4. The minimum Gasteiger partial charge on any atom is -0.493 e. The van der Waals surface area contributed by atoms with E-state index >= 15 is 0 Å². The van der Waals surface area contributed by atoms with Gasteiger partial charge in [-0.1, -0.05) is 47.6 Å². The van der Waals surface area contributed by atoms with Crippen LogP contribution in [0.5, 0.6) is 11.5 Å². The van der Waals surface area contributed by atoms with Crippen LogP contribution in [0.4, 0.5) is 0 Å². The minimum atomic E-state index is -3.90. The van der Waals surface area contributed by atoms with E-state index in [1.807, 2.05) is 44.2 Å². The van der Waals surface area contributed by atoms with E-state index in [9.17, 15) is 8.42 Å². The SMILES string of the molecule is CCON=Cc1ccc(CCOc2cc(C)cc(OS(=O)(=O)c3ccccc3)c2)cc1. The number of hydrogen-bond acceptors (Lipinski definition) is 6. The van der Waals surface area contributed by atoms with Crippen molar-refractivity contribution in [2.24, 2.45) is 5.16 Å². The first-order valence-corrected chi connectivity index (χ1v) is 11.4. The molecule has 0 atom stereocenters. The molecular formula is C24H25NO5S. The molecule has 0 radical (unpaired) electrons. The van der Waals surface area contributed by atoms with Gasteiger partial charge in [-0.05, 0) is 54.8 Å². The third kappa shape index (κ3) is 6.86. The molecule has 162 valence electrons. The Morgan fingerprint density at radius 1 is 0.935 bits per heavy atom. The van der Waals surface area contributed by atoms with Crippen LogP contribution in [0.25, 0.3) is 0 Å². The Hall–Kier alpha value is -3.32. The van der Waals surface area contributed by atoms with Crippen LogP contribution in [-0.2, 0) is 21.4 Å². The first-order chi connectivity index (χ1) is 15.0. The molecule has 0 bridgehead atoms. The fourth-order valence-electron chi connectivity index (χ4n) is 2.84. The lowest BCUT2D eigenvalue weighted by atomic mass is 10.1. The maximum atomic E-state index is 12.5. The van der Waals surface area contributed by atoms with Crippen molar-refractivity contribution in [3.63, 3.8) is 0 Å². The molecule has 6 nitrogen and oxygen atoms in total. The van der Waals surface area contributed by atoms with Gasteiger partial charge in [0.25, 0.3) is 0 Å². The van der Waals surface area contributed by atoms with E-state index in [-0.39, 0.29) is 10.6 Å². The molecule has 0 heterocycles. The summed E-state index contributed by atoms with van der Waals surface area (Å²) < 4.78 is 36.0. The molecule has 0 aliphatic carbocycles. The van der Waals surface area contributed by atoms with Crippen molar-refractivity contribution >= 4 is 16.3 Å². The maximum absolute atomic E-state index is 12.5. The van der Waals surface area contributed by atoms with Gasteiger partial charge in [-0.15, -0.1) is 0 Å². The van der Waals surface area contributed by atoms with E-state index in [4.69, 9.17) is 13.8 Å². The van der Waals surface area contributed by atoms with E-state index in [2.05, 4.69) is 5.16 Å². The first kappa shape index (κ1) is 22.4. The van der Waals surface area contributed by atoms with Gasteiger partial charge >= 0.3 is 10.1 Å². The Kier molecular flexibility index (Phi) is 7.67. The van der Waals surface area contributed by atoms with Crippen LogP contribution in [0.2, 0.25) is 0 Å². The first-order valence-electron chi connectivity index (χ1n) is 9.94. The van der Waals surface area contributed by atoms with Gasteiger partial charge in [0.2, 0.25) is 0 Å². The molecule has 0 fully saturated rings. The monoisotopic (exact) mass is 439 g/mol. The zero-order valence-corrected chi connectivity index (χ0v) is 18.3. The van der Waals surface area contributed by atoms with E-state index in [0.717, 1.165) is 16.7 Å². The molecule has 0 aromatic heterocycles. The average molecular weight is 440 g/mol. The number of rotatable bonds is 10. The van der Waals surface area contributed by atoms with Crippen molar-refractivity contribution < 1.29 is 22.2 Å². The van der Waals surface area contributed by atoms with Crippen LogP contribution < -0.4 is 8.92 Å². The second-order valence-electron chi connectivity index (χ2n) is 6.82. The second-order valence-corrected chi connectivity index (χ2v) is 8.37. The summed E-state index contributed by atoms with van der Waals surface area (Å²) in [4.78, 5) is 5.06. The summed E-state index contributed by atoms with van der Waals surface area (Å²) >= 11 is 0. The highest BCUT2D eigenvalue weighted by Crippen LogP contribution is 2.26. The molecule has 31 heavy (non-hydrogen) atoms. The lowest BCUT2D eigenvalue weighted by molar-refractivity contribution is 0.160. The second kappa shape index (κ2) is 10.6. The quantitative estimate of drug-likeness (QED) is 0.259. The largest absolute Gasteiger partial charge is 0.493 e. The summed E-state index contributed by atoms with van der Waals surface area (Å²) in [7, 11) is -3.90. The van der Waals surface area contributed by atoms with Crippen LogP contribution in [0.15, 0.2) is 82.8 Å². The zero-order chi connectivity index (χ0) is 22.1. The summed E-state index contributed by atoms with van der Waals surface area (Å²) in [5.74, 6) is 0.774. The molecule has 0 amide bonds. The Morgan fingerprint density at radius 2 is 1.65 bits per heavy atom. The molecule has 0 aliphatic rings. The number of ether oxygens (including phenoxy) is 1. The fourth-order valence-corrected chi connectivity index (χ4v) is 3.77. The third-order valence-electron chi connectivity index (χ3n) is 4.31. The van der Waals surface area contributed by atoms with Crippen LogP contribution in [0, 0.1) is 6.92 Å². The fraction of sp³-hybridized carbons (Fsp3) is 0.208. The Balaban J connectivity index is 1.59. The molecule has 3 rings (SSSR count). The highest BCUT2D eigenvalue weighted by molar-refractivity contribution is 7.87. The van der Waals surface area contributed by atoms with Gasteiger partial charge in [0, 0.05) is 12.5 Å². The van der Waals surface area contributed by atoms with Crippen LogP contribution >= 0.6 is 0 Å². The molecule has 0 aliphatic heterocycles. The number of benzene rings is 3. The standard InChI is InChI=1S/C24H25NO5S/c1-3-29-25-18-21-11-9-20(10-12-21)13-14-28-22-15-19(2)16-23(17-22)30-31(26,27)24-7-5-4-6-8-24/h4-12,15-18H,3,13-14H2,1-2H3. The minimum absolute atomic E-state index is 0.105. The van der Waals surface area contributed by atoms with E-state index in [1.54, 1.807) is 36.5 Å². The molecule has 0 N–H and O–H groups in total. The summed E-state index contributed by atoms with van der Waals surface area (Å²) in [6.45, 7) is 4.72. The summed E-state index contributed by atoms with van der Waals surface area (Å²) in [5, 5.41) is 3.85. The summed E-state index contributed by atoms with van der Waals surface area (Å²) in [6, 6.07) is 21.1. The topological polar surface area (TPSA) is 74.2 Å². The van der Waals surface area contributed by atoms with E-state index < -0.39 is 10.1 Å². The molecule has 3 aromatic carbocycles. The van der Waals surface area contributed by atoms with Gasteiger partial charge in [0.05, 0.1) is 12.8 Å². The van der Waals surface area contributed by atoms with Crippen molar-refractivity contribution in [3.8, 4) is 11.5 Å². The van der Waals surface area contributed by atoms with Crippen molar-refractivity contribution in [3.05, 3.63) is 89.5 Å². The molecule has 7 heteroatoms. The van der Waals surface area contributed by atoms with Crippen molar-refractivity contribution in [2.45, 2.75) is 25.2 Å². The van der Waals surface area contributed by atoms with Gasteiger partial charge in [-0.25, -0.2) is 0 Å². The molecule has 3 aromatic rings. The zero-order valence-electron chi connectivity index (χ0n) is 17.5.